The molecule has 1 aromatic carbocycles. The Hall–Kier alpha value is -1.66. The molecule has 0 spiro atoms. The van der Waals surface area contributed by atoms with Crippen LogP contribution in [0.3, 0.4) is 0 Å². The van der Waals surface area contributed by atoms with Crippen molar-refractivity contribution in [1.29, 1.82) is 0 Å². The molecule has 1 amide bonds. The highest BCUT2D eigenvalue weighted by molar-refractivity contribution is 6.20. The van der Waals surface area contributed by atoms with Gasteiger partial charge in [-0.05, 0) is 19.1 Å². The number of halogens is 1. The smallest absolute Gasteiger partial charge is 0.411 e. The molecule has 6 nitrogen and oxygen atoms in total. The number of hydrogen-bond acceptors (Lipinski definition) is 5. The zero-order valence-corrected chi connectivity index (χ0v) is 15.7. The fourth-order valence-corrected chi connectivity index (χ4v) is 2.40. The summed E-state index contributed by atoms with van der Waals surface area (Å²) in [6, 6.07) is 7.48. The molecule has 0 bridgehead atoms. The first-order valence-corrected chi connectivity index (χ1v) is 9.00. The Morgan fingerprint density at radius 3 is 2.64 bits per heavy atom. The second kappa shape index (κ2) is 9.73. The summed E-state index contributed by atoms with van der Waals surface area (Å²) in [5, 5.41) is 0. The first-order valence-electron chi connectivity index (χ1n) is 8.57. The lowest BCUT2D eigenvalue weighted by molar-refractivity contribution is -0.0479. The molecular weight excluding hydrogens is 346 g/mol. The maximum Gasteiger partial charge on any atom is 0.411 e. The average Bonchev–Trinajstić information content (AvgIpc) is 2.61. The summed E-state index contributed by atoms with van der Waals surface area (Å²) >= 11 is 6.01. The number of benzene rings is 1. The van der Waals surface area contributed by atoms with Gasteiger partial charge in [-0.15, -0.1) is 0 Å². The Labute approximate surface area is 153 Å². The molecule has 0 N–H and O–H groups in total. The average molecular weight is 372 g/mol. The van der Waals surface area contributed by atoms with Crippen molar-refractivity contribution in [2.24, 2.45) is 5.92 Å². The van der Waals surface area contributed by atoms with Crippen LogP contribution < -0.4 is 9.47 Å². The van der Waals surface area contributed by atoms with Crippen LogP contribution in [-0.4, -0.2) is 55.6 Å². The summed E-state index contributed by atoms with van der Waals surface area (Å²) in [6.45, 7) is 7.92. The van der Waals surface area contributed by atoms with Crippen LogP contribution >= 0.6 is 11.6 Å². The van der Waals surface area contributed by atoms with E-state index in [0.717, 1.165) is 0 Å². The molecular formula is C18H26ClNO5. The highest BCUT2D eigenvalue weighted by Gasteiger charge is 2.28. The van der Waals surface area contributed by atoms with Crippen molar-refractivity contribution in [2.45, 2.75) is 32.4 Å². The molecule has 1 aromatic rings. The standard InChI is InChI=1S/C18H26ClNO5/c1-4-22-15-7-5-6-8-16(15)24-12-14-11-20(9-10-23-14)18(21)25-17(19)13(2)3/h5-8,13-14,17H,4,9-12H2,1-3H3/t14-,17?/m0/s1. The van der Waals surface area contributed by atoms with Crippen LogP contribution in [0.1, 0.15) is 20.8 Å². The summed E-state index contributed by atoms with van der Waals surface area (Å²) in [5.41, 5.74) is -0.636. The molecule has 7 heteroatoms. The number of alkyl halides is 1. The first kappa shape index (κ1) is 19.7. The van der Waals surface area contributed by atoms with Crippen LogP contribution in [0.4, 0.5) is 4.79 Å². The number of amides is 1. The van der Waals surface area contributed by atoms with E-state index in [1.807, 2.05) is 45.0 Å². The summed E-state index contributed by atoms with van der Waals surface area (Å²) in [4.78, 5) is 13.8. The Kier molecular flexibility index (Phi) is 7.65. The number of nitrogens with zero attached hydrogens (tertiary/aromatic N) is 1. The highest BCUT2D eigenvalue weighted by Crippen LogP contribution is 2.26. The third-order valence-electron chi connectivity index (χ3n) is 3.71. The van der Waals surface area contributed by atoms with E-state index in [1.54, 1.807) is 4.90 Å². The molecule has 0 saturated carbocycles. The summed E-state index contributed by atoms with van der Waals surface area (Å²) in [5.74, 6) is 1.41. The maximum atomic E-state index is 12.2. The minimum atomic E-state index is -0.636. The second-order valence-corrected chi connectivity index (χ2v) is 6.54. The van der Waals surface area contributed by atoms with Crippen LogP contribution in [0, 0.1) is 5.92 Å². The van der Waals surface area contributed by atoms with Crippen molar-refractivity contribution in [3.8, 4) is 11.5 Å². The molecule has 1 unspecified atom stereocenters. The zero-order valence-electron chi connectivity index (χ0n) is 14.9. The molecule has 1 aliphatic heterocycles. The minimum absolute atomic E-state index is 0.0563. The van der Waals surface area contributed by atoms with Crippen molar-refractivity contribution < 1.29 is 23.7 Å². The number of carbonyl (C=O) groups is 1. The van der Waals surface area contributed by atoms with Crippen molar-refractivity contribution in [3.63, 3.8) is 0 Å². The third-order valence-corrected chi connectivity index (χ3v) is 4.30. The fourth-order valence-electron chi connectivity index (χ4n) is 2.32. The maximum absolute atomic E-state index is 12.2. The van der Waals surface area contributed by atoms with Gasteiger partial charge in [-0.25, -0.2) is 4.79 Å². The Morgan fingerprint density at radius 2 is 2.00 bits per heavy atom. The lowest BCUT2D eigenvalue weighted by Gasteiger charge is -2.33. The lowest BCUT2D eigenvalue weighted by atomic mass is 10.2. The molecule has 25 heavy (non-hydrogen) atoms. The SMILES string of the molecule is CCOc1ccccc1OC[C@@H]1CN(C(=O)OC(Cl)C(C)C)CCO1. The predicted octanol–water partition coefficient (Wildman–Crippen LogP) is 3.52. The number of ether oxygens (including phenoxy) is 4. The number of hydrogen-bond donors (Lipinski definition) is 0. The minimum Gasteiger partial charge on any atom is -0.490 e. The van der Waals surface area contributed by atoms with E-state index in [4.69, 9.17) is 30.5 Å². The summed E-state index contributed by atoms with van der Waals surface area (Å²) in [7, 11) is 0. The Bertz CT molecular complexity index is 554. The van der Waals surface area contributed by atoms with E-state index in [-0.39, 0.29) is 12.0 Å². The van der Waals surface area contributed by atoms with Gasteiger partial charge in [0.1, 0.15) is 12.7 Å². The van der Waals surface area contributed by atoms with Crippen molar-refractivity contribution in [2.75, 3.05) is 32.9 Å². The quantitative estimate of drug-likeness (QED) is 0.686. The van der Waals surface area contributed by atoms with Gasteiger partial charge >= 0.3 is 6.09 Å². The van der Waals surface area contributed by atoms with Crippen LogP contribution in [0.5, 0.6) is 11.5 Å². The number of morpholine rings is 1. The molecule has 1 saturated heterocycles. The first-order chi connectivity index (χ1) is 12.0. The molecule has 1 fully saturated rings. The monoisotopic (exact) mass is 371 g/mol. The van der Waals surface area contributed by atoms with E-state index in [0.29, 0.717) is 44.4 Å². The largest absolute Gasteiger partial charge is 0.490 e. The van der Waals surface area contributed by atoms with E-state index < -0.39 is 11.7 Å². The normalized spacial score (nSPS) is 18.8. The lowest BCUT2D eigenvalue weighted by Crippen LogP contribution is -2.48. The van der Waals surface area contributed by atoms with Crippen LogP contribution in [0.25, 0.3) is 0 Å². The van der Waals surface area contributed by atoms with Crippen molar-refractivity contribution in [3.05, 3.63) is 24.3 Å². The molecule has 1 heterocycles. The molecule has 0 aliphatic carbocycles. The molecule has 0 radical (unpaired) electrons. The number of rotatable bonds is 7. The van der Waals surface area contributed by atoms with Gasteiger partial charge in [0.2, 0.25) is 0 Å². The van der Waals surface area contributed by atoms with Gasteiger partial charge in [0.25, 0.3) is 0 Å². The van der Waals surface area contributed by atoms with Crippen molar-refractivity contribution >= 4 is 17.7 Å². The van der Waals surface area contributed by atoms with Crippen LogP contribution in [-0.2, 0) is 9.47 Å². The van der Waals surface area contributed by atoms with Crippen molar-refractivity contribution in [1.82, 2.24) is 4.90 Å². The number of para-hydroxylation sites is 2. The highest BCUT2D eigenvalue weighted by atomic mass is 35.5. The fraction of sp³-hybridized carbons (Fsp3) is 0.611. The van der Waals surface area contributed by atoms with Gasteiger partial charge < -0.3 is 23.8 Å². The molecule has 140 valence electrons. The van der Waals surface area contributed by atoms with Gasteiger partial charge in [-0.2, -0.15) is 0 Å². The zero-order chi connectivity index (χ0) is 18.2. The van der Waals surface area contributed by atoms with Crippen LogP contribution in [0.15, 0.2) is 24.3 Å². The van der Waals surface area contributed by atoms with Gasteiger partial charge in [0.15, 0.2) is 17.1 Å². The third kappa shape index (κ3) is 5.97. The van der Waals surface area contributed by atoms with Gasteiger partial charge in [0, 0.05) is 12.5 Å². The van der Waals surface area contributed by atoms with E-state index in [1.165, 1.54) is 0 Å². The topological polar surface area (TPSA) is 57.2 Å². The predicted molar refractivity (Wildman–Crippen MR) is 95.4 cm³/mol. The van der Waals surface area contributed by atoms with Gasteiger partial charge in [-0.3, -0.25) is 0 Å². The van der Waals surface area contributed by atoms with E-state index in [9.17, 15) is 4.79 Å². The Morgan fingerprint density at radius 1 is 1.32 bits per heavy atom. The number of carbonyl (C=O) groups excluding carboxylic acids is 1. The molecule has 0 aromatic heterocycles. The molecule has 1 aliphatic rings. The molecule has 2 rings (SSSR count). The molecule has 2 atom stereocenters. The van der Waals surface area contributed by atoms with Gasteiger partial charge in [-0.1, -0.05) is 37.6 Å². The van der Waals surface area contributed by atoms with E-state index in [2.05, 4.69) is 0 Å². The summed E-state index contributed by atoms with van der Waals surface area (Å²) in [6.07, 6.45) is -0.652. The van der Waals surface area contributed by atoms with Gasteiger partial charge in [0.05, 0.1) is 19.8 Å². The Balaban J connectivity index is 1.86. The summed E-state index contributed by atoms with van der Waals surface area (Å²) < 4.78 is 22.3. The second-order valence-electron chi connectivity index (χ2n) is 6.11. The van der Waals surface area contributed by atoms with Crippen LogP contribution in [0.2, 0.25) is 0 Å². The van der Waals surface area contributed by atoms with E-state index >= 15 is 0 Å².